The van der Waals surface area contributed by atoms with E-state index in [1.165, 1.54) is 7.11 Å². The van der Waals surface area contributed by atoms with Crippen molar-refractivity contribution in [2.75, 3.05) is 19.0 Å². The van der Waals surface area contributed by atoms with Crippen molar-refractivity contribution in [2.45, 2.75) is 31.7 Å². The van der Waals surface area contributed by atoms with Crippen LogP contribution in [-0.4, -0.2) is 41.0 Å². The standard InChI is InChI=1S/C13H19N3O3/c1-19-13(18)11-5-6-12(16-15-11)14-10-4-2-3-9(10)7-8-17/h5-6,9-10,17H,2-4,7-8H2,1H3,(H,14,16). The van der Waals surface area contributed by atoms with E-state index in [0.717, 1.165) is 25.7 Å². The fourth-order valence-corrected chi connectivity index (χ4v) is 2.55. The van der Waals surface area contributed by atoms with Crippen molar-refractivity contribution in [3.63, 3.8) is 0 Å². The summed E-state index contributed by atoms with van der Waals surface area (Å²) in [7, 11) is 1.31. The van der Waals surface area contributed by atoms with Crippen LogP contribution in [0.1, 0.15) is 36.2 Å². The third-order valence-electron chi connectivity index (χ3n) is 3.55. The van der Waals surface area contributed by atoms with E-state index in [0.29, 0.717) is 17.8 Å². The monoisotopic (exact) mass is 265 g/mol. The van der Waals surface area contributed by atoms with Crippen molar-refractivity contribution in [1.82, 2.24) is 10.2 Å². The number of aromatic nitrogens is 2. The summed E-state index contributed by atoms with van der Waals surface area (Å²) >= 11 is 0. The molecule has 2 unspecified atom stereocenters. The Hall–Kier alpha value is -1.69. The number of hydrogen-bond donors (Lipinski definition) is 2. The molecule has 19 heavy (non-hydrogen) atoms. The number of nitrogens with one attached hydrogen (secondary N) is 1. The topological polar surface area (TPSA) is 84.3 Å². The van der Waals surface area contributed by atoms with Gasteiger partial charge in [-0.25, -0.2) is 4.79 Å². The maximum atomic E-state index is 11.2. The van der Waals surface area contributed by atoms with Gasteiger partial charge in [0, 0.05) is 12.6 Å². The molecule has 104 valence electrons. The van der Waals surface area contributed by atoms with Crippen LogP contribution in [-0.2, 0) is 4.74 Å². The van der Waals surface area contributed by atoms with Crippen molar-refractivity contribution >= 4 is 11.8 Å². The van der Waals surface area contributed by atoms with Crippen LogP contribution >= 0.6 is 0 Å². The molecule has 0 saturated heterocycles. The molecule has 1 heterocycles. The highest BCUT2D eigenvalue weighted by Crippen LogP contribution is 2.30. The minimum absolute atomic E-state index is 0.200. The third-order valence-corrected chi connectivity index (χ3v) is 3.55. The van der Waals surface area contributed by atoms with Crippen molar-refractivity contribution in [2.24, 2.45) is 5.92 Å². The first-order valence-electron chi connectivity index (χ1n) is 6.54. The second-order valence-corrected chi connectivity index (χ2v) is 4.75. The number of carbonyl (C=O) groups excluding carboxylic acids is 1. The SMILES string of the molecule is COC(=O)c1ccc(NC2CCCC2CCO)nn1. The fraction of sp³-hybridized carbons (Fsp3) is 0.615. The molecule has 1 aliphatic carbocycles. The van der Waals surface area contributed by atoms with Crippen LogP contribution in [0.2, 0.25) is 0 Å². The molecule has 0 aromatic carbocycles. The maximum absolute atomic E-state index is 11.2. The van der Waals surface area contributed by atoms with E-state index in [4.69, 9.17) is 5.11 Å². The number of anilines is 1. The molecule has 0 radical (unpaired) electrons. The summed E-state index contributed by atoms with van der Waals surface area (Å²) in [5, 5.41) is 20.2. The number of rotatable bonds is 5. The highest BCUT2D eigenvalue weighted by Gasteiger charge is 2.26. The zero-order chi connectivity index (χ0) is 13.7. The van der Waals surface area contributed by atoms with Gasteiger partial charge in [0.05, 0.1) is 7.11 Å². The second kappa shape index (κ2) is 6.47. The van der Waals surface area contributed by atoms with E-state index in [2.05, 4.69) is 20.3 Å². The van der Waals surface area contributed by atoms with Crippen molar-refractivity contribution in [1.29, 1.82) is 0 Å². The summed E-state index contributed by atoms with van der Waals surface area (Å²) in [6.45, 7) is 0.218. The molecule has 6 nitrogen and oxygen atoms in total. The summed E-state index contributed by atoms with van der Waals surface area (Å²) in [6.07, 6.45) is 4.18. The van der Waals surface area contributed by atoms with Crippen molar-refractivity contribution in [3.8, 4) is 0 Å². The smallest absolute Gasteiger partial charge is 0.358 e. The molecule has 1 fully saturated rings. The molecule has 1 aromatic heterocycles. The average Bonchev–Trinajstić information content (AvgIpc) is 2.86. The number of esters is 1. The number of aliphatic hydroxyl groups excluding tert-OH is 1. The molecule has 1 aromatic rings. The first kappa shape index (κ1) is 13.7. The van der Waals surface area contributed by atoms with Gasteiger partial charge in [-0.15, -0.1) is 10.2 Å². The molecule has 1 aliphatic rings. The van der Waals surface area contributed by atoms with Crippen molar-refractivity contribution in [3.05, 3.63) is 17.8 Å². The van der Waals surface area contributed by atoms with E-state index in [1.54, 1.807) is 12.1 Å². The minimum Gasteiger partial charge on any atom is -0.464 e. The van der Waals surface area contributed by atoms with Gasteiger partial charge >= 0.3 is 5.97 Å². The Morgan fingerprint density at radius 1 is 1.47 bits per heavy atom. The average molecular weight is 265 g/mol. The molecule has 2 N–H and O–H groups in total. The van der Waals surface area contributed by atoms with Crippen LogP contribution < -0.4 is 5.32 Å². The number of methoxy groups -OCH3 is 1. The molecular formula is C13H19N3O3. The molecule has 1 saturated carbocycles. The zero-order valence-electron chi connectivity index (χ0n) is 11.0. The molecule has 0 amide bonds. The van der Waals surface area contributed by atoms with Gasteiger partial charge in [0.1, 0.15) is 5.82 Å². The fourth-order valence-electron chi connectivity index (χ4n) is 2.55. The molecule has 2 rings (SSSR count). The summed E-state index contributed by atoms with van der Waals surface area (Å²) < 4.78 is 4.57. The van der Waals surface area contributed by atoms with E-state index in [9.17, 15) is 4.79 Å². The van der Waals surface area contributed by atoms with Gasteiger partial charge < -0.3 is 15.2 Å². The van der Waals surface area contributed by atoms with Crippen LogP contribution in [0.4, 0.5) is 5.82 Å². The molecule has 0 aliphatic heterocycles. The van der Waals surface area contributed by atoms with E-state index >= 15 is 0 Å². The Bertz CT molecular complexity index is 422. The number of ether oxygens (including phenoxy) is 1. The van der Waals surface area contributed by atoms with Crippen LogP contribution in [0.15, 0.2) is 12.1 Å². The van der Waals surface area contributed by atoms with E-state index in [1.807, 2.05) is 0 Å². The van der Waals surface area contributed by atoms with Gasteiger partial charge in [0.25, 0.3) is 0 Å². The van der Waals surface area contributed by atoms with Gasteiger partial charge in [-0.1, -0.05) is 6.42 Å². The number of carbonyl (C=O) groups is 1. The predicted molar refractivity (Wildman–Crippen MR) is 69.8 cm³/mol. The summed E-state index contributed by atoms with van der Waals surface area (Å²) in [5.74, 6) is 0.646. The second-order valence-electron chi connectivity index (χ2n) is 4.75. The van der Waals surface area contributed by atoms with Crippen LogP contribution in [0.5, 0.6) is 0 Å². The van der Waals surface area contributed by atoms with Crippen LogP contribution in [0, 0.1) is 5.92 Å². The Morgan fingerprint density at radius 3 is 2.95 bits per heavy atom. The van der Waals surface area contributed by atoms with Gasteiger partial charge in [-0.2, -0.15) is 0 Å². The third kappa shape index (κ3) is 3.41. The predicted octanol–water partition coefficient (Wildman–Crippen LogP) is 1.23. The Morgan fingerprint density at radius 2 is 2.32 bits per heavy atom. The molecule has 0 spiro atoms. The van der Waals surface area contributed by atoms with Crippen LogP contribution in [0.25, 0.3) is 0 Å². The van der Waals surface area contributed by atoms with E-state index in [-0.39, 0.29) is 12.3 Å². The first-order valence-corrected chi connectivity index (χ1v) is 6.54. The van der Waals surface area contributed by atoms with Crippen LogP contribution in [0.3, 0.4) is 0 Å². The number of nitrogens with zero attached hydrogens (tertiary/aromatic N) is 2. The molecule has 6 heteroatoms. The highest BCUT2D eigenvalue weighted by molar-refractivity contribution is 5.86. The summed E-state index contributed by atoms with van der Waals surface area (Å²) in [6, 6.07) is 3.65. The van der Waals surface area contributed by atoms with Gasteiger partial charge in [0.2, 0.25) is 0 Å². The zero-order valence-corrected chi connectivity index (χ0v) is 11.0. The molecular weight excluding hydrogens is 246 g/mol. The Kier molecular flexibility index (Phi) is 4.68. The first-order chi connectivity index (χ1) is 9.24. The van der Waals surface area contributed by atoms with E-state index < -0.39 is 5.97 Å². The maximum Gasteiger partial charge on any atom is 0.358 e. The van der Waals surface area contributed by atoms with Gasteiger partial charge in [-0.3, -0.25) is 0 Å². The number of hydrogen-bond acceptors (Lipinski definition) is 6. The Labute approximate surface area is 112 Å². The van der Waals surface area contributed by atoms with Crippen molar-refractivity contribution < 1.29 is 14.6 Å². The number of aliphatic hydroxyl groups is 1. The molecule has 0 bridgehead atoms. The highest BCUT2D eigenvalue weighted by atomic mass is 16.5. The van der Waals surface area contributed by atoms with Gasteiger partial charge in [-0.05, 0) is 37.3 Å². The lowest BCUT2D eigenvalue weighted by Crippen LogP contribution is -2.25. The summed E-state index contributed by atoms with van der Waals surface area (Å²) in [4.78, 5) is 11.2. The lowest BCUT2D eigenvalue weighted by atomic mass is 10.0. The minimum atomic E-state index is -0.488. The van der Waals surface area contributed by atoms with Gasteiger partial charge in [0.15, 0.2) is 5.69 Å². The lowest BCUT2D eigenvalue weighted by Gasteiger charge is -2.20. The normalized spacial score (nSPS) is 22.2. The lowest BCUT2D eigenvalue weighted by molar-refractivity contribution is 0.0592. The molecule has 2 atom stereocenters. The summed E-state index contributed by atoms with van der Waals surface area (Å²) in [5.41, 5.74) is 0.200. The Balaban J connectivity index is 1.97. The largest absolute Gasteiger partial charge is 0.464 e. The quantitative estimate of drug-likeness (QED) is 0.779.